The zero-order chi connectivity index (χ0) is 37.2. The van der Waals surface area contributed by atoms with Crippen LogP contribution in [0.5, 0.6) is 0 Å². The maximum atomic E-state index is 14.1. The van der Waals surface area contributed by atoms with Crippen molar-refractivity contribution in [1.29, 1.82) is 0 Å². The molecule has 276 valence electrons. The number of rotatable bonds is 8. The summed E-state index contributed by atoms with van der Waals surface area (Å²) in [5.41, 5.74) is 3.45. The summed E-state index contributed by atoms with van der Waals surface area (Å²) in [6, 6.07) is 5.56. The van der Waals surface area contributed by atoms with E-state index in [2.05, 4.69) is 25.9 Å². The molecule has 2 aliphatic rings. The van der Waals surface area contributed by atoms with Crippen LogP contribution in [0.2, 0.25) is 0 Å². The lowest BCUT2D eigenvalue weighted by Gasteiger charge is -2.35. The summed E-state index contributed by atoms with van der Waals surface area (Å²) in [4.78, 5) is 62.1. The van der Waals surface area contributed by atoms with Crippen molar-refractivity contribution in [2.75, 3.05) is 19.6 Å². The number of thiazole rings is 1. The largest absolute Gasteiger partial charge is 0.444 e. The van der Waals surface area contributed by atoms with Crippen molar-refractivity contribution in [2.24, 2.45) is 5.41 Å². The molecule has 0 saturated carbocycles. The lowest BCUT2D eigenvalue weighted by Crippen LogP contribution is -2.57. The van der Waals surface area contributed by atoms with Crippen LogP contribution in [0.25, 0.3) is 10.4 Å². The predicted octanol–water partition coefficient (Wildman–Crippen LogP) is 4.27. The third-order valence-electron chi connectivity index (χ3n) is 9.26. The molecule has 0 spiro atoms. The highest BCUT2D eigenvalue weighted by molar-refractivity contribution is 7.13. The van der Waals surface area contributed by atoms with Crippen LogP contribution in [-0.2, 0) is 14.3 Å². The molecule has 0 unspecified atom stereocenters. The van der Waals surface area contributed by atoms with Crippen LogP contribution in [0.1, 0.15) is 102 Å². The zero-order valence-corrected chi connectivity index (χ0v) is 31.5. The summed E-state index contributed by atoms with van der Waals surface area (Å²) >= 11 is 1.57. The smallest absolute Gasteiger partial charge is 0.410 e. The number of piperidine rings is 1. The number of aliphatic hydroxyl groups is 1. The lowest BCUT2D eigenvalue weighted by molar-refractivity contribution is -0.142. The number of aryl methyl sites for hydroxylation is 1. The lowest BCUT2D eigenvalue weighted by atomic mass is 9.85. The Kier molecular flexibility index (Phi) is 11.2. The second-order valence-electron chi connectivity index (χ2n) is 15.6. The van der Waals surface area contributed by atoms with Gasteiger partial charge in [-0.25, -0.2) is 14.5 Å². The van der Waals surface area contributed by atoms with Crippen molar-refractivity contribution >= 4 is 35.2 Å². The monoisotopic (exact) mass is 722 g/mol. The Bertz CT molecular complexity index is 1720. The number of hydrogen-bond acceptors (Lipinski definition) is 10. The van der Waals surface area contributed by atoms with E-state index in [0.29, 0.717) is 25.9 Å². The Morgan fingerprint density at radius 2 is 1.69 bits per heavy atom. The SMILES string of the molecule is Cc1ncsc1-c1ccc([C@H](C)NC(=O)[C@@H]2C[C@@H](O)CN2C(=O)[C@@H](NC(=O)c2cn(C3CCN(C(=O)OC(C)(C)C)CC3)nn2)C(C)(C)C)cc1. The molecule has 51 heavy (non-hydrogen) atoms. The van der Waals surface area contributed by atoms with Crippen molar-refractivity contribution in [3.05, 3.63) is 52.9 Å². The molecule has 3 aromatic rings. The quantitative estimate of drug-likeness (QED) is 0.307. The Morgan fingerprint density at radius 1 is 1.02 bits per heavy atom. The van der Waals surface area contributed by atoms with E-state index in [1.165, 1.54) is 4.90 Å². The number of hydrogen-bond donors (Lipinski definition) is 3. The van der Waals surface area contributed by atoms with Gasteiger partial charge in [-0.1, -0.05) is 50.3 Å². The minimum Gasteiger partial charge on any atom is -0.444 e. The first kappa shape index (κ1) is 37.9. The van der Waals surface area contributed by atoms with Gasteiger partial charge in [0.15, 0.2) is 5.69 Å². The van der Waals surface area contributed by atoms with Gasteiger partial charge in [0.05, 0.1) is 40.5 Å². The van der Waals surface area contributed by atoms with Gasteiger partial charge in [0.25, 0.3) is 5.91 Å². The highest BCUT2D eigenvalue weighted by atomic mass is 32.1. The predicted molar refractivity (Wildman–Crippen MR) is 192 cm³/mol. The number of carbonyl (C=O) groups excluding carboxylic acids is 4. The first-order valence-electron chi connectivity index (χ1n) is 17.4. The van der Waals surface area contributed by atoms with Crippen LogP contribution in [-0.4, -0.2) is 102 Å². The summed E-state index contributed by atoms with van der Waals surface area (Å²) in [5.74, 6) is -1.42. The van der Waals surface area contributed by atoms with Crippen LogP contribution < -0.4 is 10.6 Å². The minimum atomic E-state index is -1.02. The van der Waals surface area contributed by atoms with E-state index in [-0.39, 0.29) is 42.7 Å². The van der Waals surface area contributed by atoms with Gasteiger partial charge in [-0.15, -0.1) is 16.4 Å². The van der Waals surface area contributed by atoms with Gasteiger partial charge < -0.3 is 30.3 Å². The number of likely N-dealkylation sites (tertiary alicyclic amines) is 2. The fourth-order valence-corrected chi connectivity index (χ4v) is 7.23. The number of aliphatic hydroxyl groups excluding tert-OH is 1. The zero-order valence-electron chi connectivity index (χ0n) is 30.7. The summed E-state index contributed by atoms with van der Waals surface area (Å²) in [5, 5.41) is 24.7. The van der Waals surface area contributed by atoms with Crippen molar-refractivity contribution in [1.82, 2.24) is 40.4 Å². The topological polar surface area (TPSA) is 172 Å². The van der Waals surface area contributed by atoms with Crippen molar-refractivity contribution in [3.63, 3.8) is 0 Å². The second-order valence-corrected chi connectivity index (χ2v) is 16.4. The molecular formula is C36H50N8O6S. The van der Waals surface area contributed by atoms with E-state index in [1.807, 2.05) is 85.2 Å². The molecular weight excluding hydrogens is 673 g/mol. The van der Waals surface area contributed by atoms with E-state index >= 15 is 0 Å². The van der Waals surface area contributed by atoms with Crippen molar-refractivity contribution in [3.8, 4) is 10.4 Å². The second kappa shape index (κ2) is 15.1. The van der Waals surface area contributed by atoms with Crippen LogP contribution in [0.3, 0.4) is 0 Å². The molecule has 5 rings (SSSR count). The van der Waals surface area contributed by atoms with E-state index in [9.17, 15) is 24.3 Å². The molecule has 2 saturated heterocycles. The molecule has 3 N–H and O–H groups in total. The molecule has 0 bridgehead atoms. The molecule has 2 fully saturated rings. The fourth-order valence-electron chi connectivity index (χ4n) is 6.42. The molecule has 14 nitrogen and oxygen atoms in total. The van der Waals surface area contributed by atoms with E-state index in [0.717, 1.165) is 21.7 Å². The van der Waals surface area contributed by atoms with E-state index in [4.69, 9.17) is 4.74 Å². The number of benzene rings is 1. The number of amides is 4. The van der Waals surface area contributed by atoms with E-state index in [1.54, 1.807) is 27.1 Å². The number of aromatic nitrogens is 4. The van der Waals surface area contributed by atoms with E-state index < -0.39 is 41.0 Å². The molecule has 4 atom stereocenters. The van der Waals surface area contributed by atoms with Crippen LogP contribution in [0.4, 0.5) is 4.79 Å². The molecule has 2 aliphatic heterocycles. The molecule has 15 heteroatoms. The van der Waals surface area contributed by atoms with Gasteiger partial charge >= 0.3 is 6.09 Å². The summed E-state index contributed by atoms with van der Waals surface area (Å²) in [6.07, 6.45) is 1.62. The number of carbonyl (C=O) groups is 4. The number of nitrogens with zero attached hydrogens (tertiary/aromatic N) is 6. The highest BCUT2D eigenvalue weighted by Gasteiger charge is 2.45. The fraction of sp³-hybridized carbons (Fsp3) is 0.583. The molecule has 2 aromatic heterocycles. The third kappa shape index (κ3) is 9.11. The average molecular weight is 723 g/mol. The maximum absolute atomic E-state index is 14.1. The average Bonchev–Trinajstić information content (AvgIpc) is 3.82. The molecule has 0 radical (unpaired) electrons. The normalized spacial score (nSPS) is 19.8. The summed E-state index contributed by atoms with van der Waals surface area (Å²) in [6.45, 7) is 15.7. The molecule has 1 aromatic carbocycles. The van der Waals surface area contributed by atoms with Gasteiger partial charge in [0.1, 0.15) is 17.7 Å². The molecule has 4 heterocycles. The molecule has 0 aliphatic carbocycles. The van der Waals surface area contributed by atoms with Gasteiger partial charge in [0.2, 0.25) is 11.8 Å². The maximum Gasteiger partial charge on any atom is 0.410 e. The van der Waals surface area contributed by atoms with Gasteiger partial charge in [-0.2, -0.15) is 0 Å². The van der Waals surface area contributed by atoms with Gasteiger partial charge in [-0.05, 0) is 64.0 Å². The number of ether oxygens (including phenoxy) is 1. The Morgan fingerprint density at radius 3 is 2.27 bits per heavy atom. The van der Waals surface area contributed by atoms with Crippen molar-refractivity contribution < 1.29 is 29.0 Å². The Hall–Kier alpha value is -4.37. The minimum absolute atomic E-state index is 0.0329. The van der Waals surface area contributed by atoms with Crippen LogP contribution in [0, 0.1) is 12.3 Å². The summed E-state index contributed by atoms with van der Waals surface area (Å²) < 4.78 is 7.11. The van der Waals surface area contributed by atoms with Gasteiger partial charge in [-0.3, -0.25) is 14.4 Å². The summed E-state index contributed by atoms with van der Waals surface area (Å²) in [7, 11) is 0. The standard InChI is InChI=1S/C36H50N8O6S/c1-21(23-9-11-24(12-10-23)29-22(2)37-20-51-29)38-32(47)28-17-26(45)18-43(28)33(48)30(35(3,4)5)39-31(46)27-19-44(41-40-27)25-13-15-42(16-14-25)34(49)50-36(6,7)8/h9-12,19-21,25-26,28,30,45H,13-18H2,1-8H3,(H,38,47)(H,39,46)/t21-,26+,28-,30+/m0/s1. The van der Waals surface area contributed by atoms with Crippen molar-refractivity contribution in [2.45, 2.75) is 111 Å². The first-order chi connectivity index (χ1) is 23.9. The van der Waals surface area contributed by atoms with Crippen LogP contribution >= 0.6 is 11.3 Å². The van der Waals surface area contributed by atoms with Crippen LogP contribution in [0.15, 0.2) is 36.0 Å². The Labute approximate surface area is 302 Å². The third-order valence-corrected chi connectivity index (χ3v) is 10.2. The molecule has 4 amide bonds. The Balaban J connectivity index is 1.21. The number of nitrogens with one attached hydrogen (secondary N) is 2. The van der Waals surface area contributed by atoms with Gasteiger partial charge in [0, 0.05) is 26.1 Å². The number of β-amino-alcohol motifs (C(OH)–C–C–N with tert-alkyl or cyclic N) is 1. The first-order valence-corrected chi connectivity index (χ1v) is 18.3. The highest BCUT2D eigenvalue weighted by Crippen LogP contribution is 2.30.